The van der Waals surface area contributed by atoms with Crippen LogP contribution in [0.2, 0.25) is 0 Å². The Labute approximate surface area is 198 Å². The Balaban J connectivity index is 1.46. The molecule has 1 saturated carbocycles. The number of carbonyl (C=O) groups excluding carboxylic acids is 1. The summed E-state index contributed by atoms with van der Waals surface area (Å²) < 4.78 is 0. The van der Waals surface area contributed by atoms with E-state index in [1.54, 1.807) is 18.5 Å². The van der Waals surface area contributed by atoms with E-state index in [9.17, 15) is 9.59 Å². The van der Waals surface area contributed by atoms with Gasteiger partial charge in [0.05, 0.1) is 17.5 Å². The number of nitrogens with one attached hydrogen (secondary N) is 2. The van der Waals surface area contributed by atoms with Crippen LogP contribution in [0.25, 0.3) is 10.9 Å². The Kier molecular flexibility index (Phi) is 6.41. The molecule has 2 N–H and O–H groups in total. The zero-order chi connectivity index (χ0) is 23.5. The fourth-order valence-corrected chi connectivity index (χ4v) is 5.18. The third-order valence-electron chi connectivity index (χ3n) is 7.01. The van der Waals surface area contributed by atoms with Crippen molar-refractivity contribution in [3.05, 3.63) is 75.8 Å². The quantitative estimate of drug-likeness (QED) is 0.569. The van der Waals surface area contributed by atoms with Crippen molar-refractivity contribution < 1.29 is 4.79 Å². The van der Waals surface area contributed by atoms with Gasteiger partial charge in [-0.2, -0.15) is 5.26 Å². The third-order valence-corrected chi connectivity index (χ3v) is 7.01. The zero-order valence-corrected chi connectivity index (χ0v) is 19.2. The fourth-order valence-electron chi connectivity index (χ4n) is 5.18. The van der Waals surface area contributed by atoms with E-state index in [1.807, 2.05) is 23.1 Å². The van der Waals surface area contributed by atoms with Crippen LogP contribution < -0.4 is 10.9 Å². The van der Waals surface area contributed by atoms with E-state index < -0.39 is 0 Å². The summed E-state index contributed by atoms with van der Waals surface area (Å²) in [6.45, 7) is 1.96. The Morgan fingerprint density at radius 3 is 2.88 bits per heavy atom. The predicted octanol–water partition coefficient (Wildman–Crippen LogP) is 3.26. The Bertz CT molecular complexity index is 1290. The maximum Gasteiger partial charge on any atom is 0.248 e. The second-order valence-corrected chi connectivity index (χ2v) is 9.38. The minimum Gasteiger partial charge on any atom is -0.335 e. The van der Waals surface area contributed by atoms with Gasteiger partial charge in [0.25, 0.3) is 0 Å². The van der Waals surface area contributed by atoms with Gasteiger partial charge in [-0.05, 0) is 73.0 Å². The highest BCUT2D eigenvalue weighted by atomic mass is 16.2. The van der Waals surface area contributed by atoms with Crippen molar-refractivity contribution in [3.8, 4) is 6.07 Å². The first kappa shape index (κ1) is 22.3. The number of aromatic amines is 1. The van der Waals surface area contributed by atoms with Gasteiger partial charge in [-0.3, -0.25) is 14.6 Å². The van der Waals surface area contributed by atoms with Crippen LogP contribution in [0.4, 0.5) is 0 Å². The molecular weight excluding hydrogens is 426 g/mol. The first-order valence-electron chi connectivity index (χ1n) is 12.1. The third kappa shape index (κ3) is 4.73. The molecule has 0 bridgehead atoms. The van der Waals surface area contributed by atoms with Crippen molar-refractivity contribution in [2.75, 3.05) is 13.1 Å². The zero-order valence-electron chi connectivity index (χ0n) is 19.2. The lowest BCUT2D eigenvalue weighted by molar-refractivity contribution is -0.138. The van der Waals surface area contributed by atoms with Crippen molar-refractivity contribution in [2.45, 2.75) is 50.6 Å². The molecular formula is C27H29N5O2. The molecule has 2 aliphatic rings. The van der Waals surface area contributed by atoms with Gasteiger partial charge in [-0.15, -0.1) is 0 Å². The van der Waals surface area contributed by atoms with Gasteiger partial charge < -0.3 is 15.2 Å². The molecule has 1 aromatic carbocycles. The van der Waals surface area contributed by atoms with E-state index in [4.69, 9.17) is 5.26 Å². The van der Waals surface area contributed by atoms with Crippen LogP contribution in [-0.2, 0) is 17.8 Å². The number of H-pyrrole nitrogens is 1. The smallest absolute Gasteiger partial charge is 0.248 e. The van der Waals surface area contributed by atoms with Crippen molar-refractivity contribution in [1.82, 2.24) is 20.2 Å². The number of amides is 1. The topological polar surface area (TPSA) is 102 Å². The minimum atomic E-state index is -0.211. The lowest BCUT2D eigenvalue weighted by atomic mass is 9.80. The fraction of sp³-hybridized carbons (Fsp3) is 0.407. The molecule has 3 aromatic rings. The molecule has 7 nitrogen and oxygen atoms in total. The summed E-state index contributed by atoms with van der Waals surface area (Å²) in [5.74, 6) is -0.0437. The van der Waals surface area contributed by atoms with E-state index in [0.29, 0.717) is 25.9 Å². The number of nitriles is 1. The molecule has 34 heavy (non-hydrogen) atoms. The minimum absolute atomic E-state index is 0.0223. The molecule has 7 heteroatoms. The van der Waals surface area contributed by atoms with Crippen molar-refractivity contribution >= 4 is 16.8 Å². The Morgan fingerprint density at radius 1 is 1.21 bits per heavy atom. The largest absolute Gasteiger partial charge is 0.335 e. The Morgan fingerprint density at radius 2 is 2.09 bits per heavy atom. The van der Waals surface area contributed by atoms with Gasteiger partial charge in [-0.1, -0.05) is 12.1 Å². The summed E-state index contributed by atoms with van der Waals surface area (Å²) in [5.41, 5.74) is 3.84. The van der Waals surface area contributed by atoms with Gasteiger partial charge >= 0.3 is 0 Å². The van der Waals surface area contributed by atoms with Gasteiger partial charge in [0.1, 0.15) is 0 Å². The average Bonchev–Trinajstić information content (AvgIpc) is 3.71. The molecule has 1 amide bonds. The van der Waals surface area contributed by atoms with Crippen LogP contribution in [0.5, 0.6) is 0 Å². The SMILES string of the molecule is N#CCCc1cc(CN(C(=O)C2CNCC[C@@H]2c2cc[nH]c(=O)c2)C2CC2)c2ncccc2c1. The summed E-state index contributed by atoms with van der Waals surface area (Å²) in [7, 11) is 0. The number of aromatic nitrogens is 2. The van der Waals surface area contributed by atoms with Crippen LogP contribution in [0.15, 0.2) is 53.6 Å². The van der Waals surface area contributed by atoms with Crippen LogP contribution >= 0.6 is 0 Å². The summed E-state index contributed by atoms with van der Waals surface area (Å²) in [5, 5.41) is 13.5. The van der Waals surface area contributed by atoms with E-state index >= 15 is 0 Å². The number of rotatable bonds is 7. The van der Waals surface area contributed by atoms with E-state index in [2.05, 4.69) is 33.5 Å². The number of nitrogens with zero attached hydrogens (tertiary/aromatic N) is 3. The maximum absolute atomic E-state index is 14.0. The van der Waals surface area contributed by atoms with E-state index in [1.165, 1.54) is 0 Å². The van der Waals surface area contributed by atoms with E-state index in [0.717, 1.165) is 53.4 Å². The van der Waals surface area contributed by atoms with Crippen LogP contribution in [0.1, 0.15) is 48.3 Å². The molecule has 174 valence electrons. The number of piperidine rings is 1. The average molecular weight is 456 g/mol. The molecule has 1 aliphatic heterocycles. The first-order chi connectivity index (χ1) is 16.6. The standard InChI is InChI=1S/C27H29N5O2/c28-9-1-3-18-13-20-4-2-10-31-26(20)21(14-18)17-32(22-5-6-22)27(34)24-16-29-11-8-23(24)19-7-12-30-25(33)15-19/h2,4,7,10,12-15,22-24,29H,1,3,5-6,8,11,16-17H2,(H,30,33)/t23-,24?/m1/s1. The second kappa shape index (κ2) is 9.78. The molecule has 2 aromatic heterocycles. The summed E-state index contributed by atoms with van der Waals surface area (Å²) in [6.07, 6.45) is 7.46. The van der Waals surface area contributed by atoms with Gasteiger partial charge in [0.2, 0.25) is 11.5 Å². The number of hydrogen-bond donors (Lipinski definition) is 2. The number of fused-ring (bicyclic) bond motifs is 1. The van der Waals surface area contributed by atoms with Crippen molar-refractivity contribution in [2.24, 2.45) is 5.92 Å². The molecule has 0 radical (unpaired) electrons. The highest BCUT2D eigenvalue weighted by Gasteiger charge is 2.40. The summed E-state index contributed by atoms with van der Waals surface area (Å²) in [4.78, 5) is 35.3. The summed E-state index contributed by atoms with van der Waals surface area (Å²) >= 11 is 0. The molecule has 1 unspecified atom stereocenters. The molecule has 3 heterocycles. The van der Waals surface area contributed by atoms with Crippen LogP contribution in [-0.4, -0.2) is 39.9 Å². The second-order valence-electron chi connectivity index (χ2n) is 9.38. The molecule has 5 rings (SSSR count). The number of benzene rings is 1. The summed E-state index contributed by atoms with van der Waals surface area (Å²) in [6, 6.07) is 14.2. The molecule has 1 saturated heterocycles. The highest BCUT2D eigenvalue weighted by Crippen LogP contribution is 2.36. The lowest BCUT2D eigenvalue weighted by Crippen LogP contribution is -2.47. The first-order valence-corrected chi connectivity index (χ1v) is 12.1. The lowest BCUT2D eigenvalue weighted by Gasteiger charge is -2.35. The number of aryl methyl sites for hydroxylation is 1. The molecule has 1 aliphatic carbocycles. The van der Waals surface area contributed by atoms with E-state index in [-0.39, 0.29) is 29.3 Å². The normalized spacial score (nSPS) is 20.1. The monoisotopic (exact) mass is 455 g/mol. The van der Waals surface area contributed by atoms with Gasteiger partial charge in [0.15, 0.2) is 0 Å². The maximum atomic E-state index is 14.0. The van der Waals surface area contributed by atoms with Crippen LogP contribution in [0.3, 0.4) is 0 Å². The Hall–Kier alpha value is -3.50. The van der Waals surface area contributed by atoms with Crippen molar-refractivity contribution in [3.63, 3.8) is 0 Å². The number of carbonyl (C=O) groups is 1. The highest BCUT2D eigenvalue weighted by molar-refractivity contribution is 5.84. The predicted molar refractivity (Wildman–Crippen MR) is 130 cm³/mol. The molecule has 2 fully saturated rings. The number of pyridine rings is 2. The molecule has 2 atom stereocenters. The van der Waals surface area contributed by atoms with Crippen molar-refractivity contribution in [1.29, 1.82) is 5.26 Å². The number of hydrogen-bond acceptors (Lipinski definition) is 5. The molecule has 0 spiro atoms. The van der Waals surface area contributed by atoms with Crippen LogP contribution in [0, 0.1) is 17.2 Å². The van der Waals surface area contributed by atoms with Gasteiger partial charge in [0, 0.05) is 49.4 Å². The van der Waals surface area contributed by atoms with Gasteiger partial charge in [-0.25, -0.2) is 0 Å².